The molecular formula is C17H15Cl2FN2O3. The highest BCUT2D eigenvalue weighted by Crippen LogP contribution is 2.27. The van der Waals surface area contributed by atoms with Gasteiger partial charge in [-0.15, -0.1) is 0 Å². The summed E-state index contributed by atoms with van der Waals surface area (Å²) in [6, 6.07) is 9.98. The summed E-state index contributed by atoms with van der Waals surface area (Å²) in [5, 5.41) is 3.32. The van der Waals surface area contributed by atoms with Gasteiger partial charge in [0.2, 0.25) is 5.91 Å². The van der Waals surface area contributed by atoms with E-state index in [-0.39, 0.29) is 18.9 Å². The Morgan fingerprint density at radius 2 is 1.84 bits per heavy atom. The van der Waals surface area contributed by atoms with Crippen molar-refractivity contribution < 1.29 is 18.7 Å². The summed E-state index contributed by atoms with van der Waals surface area (Å²) >= 11 is 11.8. The Kier molecular flexibility index (Phi) is 6.61. The van der Waals surface area contributed by atoms with Crippen LogP contribution in [0.25, 0.3) is 0 Å². The van der Waals surface area contributed by atoms with Crippen molar-refractivity contribution in [2.75, 3.05) is 25.5 Å². The zero-order valence-electron chi connectivity index (χ0n) is 13.3. The van der Waals surface area contributed by atoms with Crippen molar-refractivity contribution in [3.63, 3.8) is 0 Å². The van der Waals surface area contributed by atoms with E-state index in [9.17, 15) is 14.0 Å². The van der Waals surface area contributed by atoms with E-state index in [0.29, 0.717) is 15.7 Å². The van der Waals surface area contributed by atoms with Gasteiger partial charge in [-0.2, -0.15) is 0 Å². The first-order valence-corrected chi connectivity index (χ1v) is 7.98. The molecule has 0 aliphatic heterocycles. The highest BCUT2D eigenvalue weighted by molar-refractivity contribution is 6.34. The van der Waals surface area contributed by atoms with E-state index < -0.39 is 17.6 Å². The maximum absolute atomic E-state index is 12.8. The maximum atomic E-state index is 12.8. The van der Waals surface area contributed by atoms with Crippen LogP contribution in [0.15, 0.2) is 42.5 Å². The van der Waals surface area contributed by atoms with Gasteiger partial charge < -0.3 is 15.0 Å². The lowest BCUT2D eigenvalue weighted by molar-refractivity contribution is -0.135. The molecule has 0 unspecified atom stereocenters. The largest absolute Gasteiger partial charge is 0.482 e. The Morgan fingerprint density at radius 3 is 2.52 bits per heavy atom. The molecule has 0 fully saturated rings. The first-order chi connectivity index (χ1) is 11.8. The second-order valence-corrected chi connectivity index (χ2v) is 6.01. The van der Waals surface area contributed by atoms with Gasteiger partial charge in [0, 0.05) is 23.8 Å². The molecule has 0 saturated carbocycles. The zero-order chi connectivity index (χ0) is 18.4. The minimum atomic E-state index is -0.414. The van der Waals surface area contributed by atoms with Crippen LogP contribution < -0.4 is 10.1 Å². The molecule has 5 nitrogen and oxygen atoms in total. The number of anilines is 1. The molecule has 2 rings (SSSR count). The number of carbonyl (C=O) groups is 2. The van der Waals surface area contributed by atoms with Crippen molar-refractivity contribution in [1.82, 2.24) is 4.90 Å². The standard InChI is InChI=1S/C17H15Cl2FN2O3/c1-22(9-16(23)21-13-5-3-12(20)4-6-13)17(24)10-25-15-8-11(18)2-7-14(15)19/h2-8H,9-10H2,1H3,(H,21,23). The molecule has 0 atom stereocenters. The molecule has 0 aliphatic rings. The highest BCUT2D eigenvalue weighted by Gasteiger charge is 2.14. The SMILES string of the molecule is CN(CC(=O)Nc1ccc(F)cc1)C(=O)COc1cc(Cl)ccc1Cl. The lowest BCUT2D eigenvalue weighted by Gasteiger charge is -2.17. The van der Waals surface area contributed by atoms with Gasteiger partial charge in [-0.25, -0.2) is 4.39 Å². The Hall–Kier alpha value is -2.31. The van der Waals surface area contributed by atoms with E-state index >= 15 is 0 Å². The van der Waals surface area contributed by atoms with E-state index in [0.717, 1.165) is 0 Å². The number of carbonyl (C=O) groups excluding carboxylic acids is 2. The second kappa shape index (κ2) is 8.69. The summed E-state index contributed by atoms with van der Waals surface area (Å²) in [4.78, 5) is 25.2. The summed E-state index contributed by atoms with van der Waals surface area (Å²) in [6.45, 7) is -0.469. The van der Waals surface area contributed by atoms with Crippen LogP contribution in [0.3, 0.4) is 0 Å². The molecule has 2 aromatic rings. The quantitative estimate of drug-likeness (QED) is 0.827. The van der Waals surface area contributed by atoms with Gasteiger partial charge in [0.15, 0.2) is 6.61 Å². The predicted octanol–water partition coefficient (Wildman–Crippen LogP) is 3.61. The van der Waals surface area contributed by atoms with E-state index in [2.05, 4.69) is 5.32 Å². The third-order valence-electron chi connectivity index (χ3n) is 3.18. The molecular weight excluding hydrogens is 370 g/mol. The molecule has 0 heterocycles. The van der Waals surface area contributed by atoms with Crippen LogP contribution in [0.4, 0.5) is 10.1 Å². The smallest absolute Gasteiger partial charge is 0.260 e. The maximum Gasteiger partial charge on any atom is 0.260 e. The summed E-state index contributed by atoms with van der Waals surface area (Å²) in [5.74, 6) is -0.942. The first-order valence-electron chi connectivity index (χ1n) is 7.22. The summed E-state index contributed by atoms with van der Waals surface area (Å²) in [7, 11) is 1.47. The van der Waals surface area contributed by atoms with Crippen molar-refractivity contribution >= 4 is 40.7 Å². The molecule has 1 N–H and O–H groups in total. The van der Waals surface area contributed by atoms with Crippen LogP contribution in [0.1, 0.15) is 0 Å². The molecule has 132 valence electrons. The number of nitrogens with one attached hydrogen (secondary N) is 1. The van der Waals surface area contributed by atoms with Gasteiger partial charge in [-0.05, 0) is 36.4 Å². The van der Waals surface area contributed by atoms with E-state index in [1.54, 1.807) is 12.1 Å². The van der Waals surface area contributed by atoms with Gasteiger partial charge >= 0.3 is 0 Å². The Labute approximate surface area is 154 Å². The minimum absolute atomic E-state index is 0.178. The van der Waals surface area contributed by atoms with Gasteiger partial charge in [-0.3, -0.25) is 9.59 Å². The van der Waals surface area contributed by atoms with Gasteiger partial charge in [0.05, 0.1) is 11.6 Å². The van der Waals surface area contributed by atoms with Crippen molar-refractivity contribution in [3.8, 4) is 5.75 Å². The Bertz CT molecular complexity index is 769. The number of rotatable bonds is 6. The number of hydrogen-bond acceptors (Lipinski definition) is 3. The third-order valence-corrected chi connectivity index (χ3v) is 3.73. The summed E-state index contributed by atoms with van der Waals surface area (Å²) < 4.78 is 18.2. The topological polar surface area (TPSA) is 58.6 Å². The predicted molar refractivity (Wildman–Crippen MR) is 94.6 cm³/mol. The fraction of sp³-hybridized carbons (Fsp3) is 0.176. The monoisotopic (exact) mass is 384 g/mol. The van der Waals surface area contributed by atoms with Gasteiger partial charge in [0.1, 0.15) is 11.6 Å². The molecule has 2 aromatic carbocycles. The number of likely N-dealkylation sites (N-methyl/N-ethyl adjacent to an activating group) is 1. The summed E-state index contributed by atoms with van der Waals surface area (Å²) in [5.41, 5.74) is 0.439. The van der Waals surface area contributed by atoms with E-state index in [4.69, 9.17) is 27.9 Å². The molecule has 2 amide bonds. The molecule has 0 saturated heterocycles. The molecule has 8 heteroatoms. The van der Waals surface area contributed by atoms with Crippen LogP contribution in [-0.2, 0) is 9.59 Å². The fourth-order valence-corrected chi connectivity index (χ4v) is 2.21. The molecule has 0 bridgehead atoms. The normalized spacial score (nSPS) is 10.2. The van der Waals surface area contributed by atoms with Crippen LogP contribution in [0, 0.1) is 5.82 Å². The Balaban J connectivity index is 1.84. The number of hydrogen-bond donors (Lipinski definition) is 1. The lowest BCUT2D eigenvalue weighted by atomic mass is 10.3. The first kappa shape index (κ1) is 19.0. The van der Waals surface area contributed by atoms with E-state index in [1.807, 2.05) is 0 Å². The molecule has 0 aromatic heterocycles. The minimum Gasteiger partial charge on any atom is -0.482 e. The van der Waals surface area contributed by atoms with Gasteiger partial charge in [0.25, 0.3) is 5.91 Å². The average molecular weight is 385 g/mol. The van der Waals surface area contributed by atoms with Crippen LogP contribution in [0.2, 0.25) is 10.0 Å². The van der Waals surface area contributed by atoms with Crippen molar-refractivity contribution in [2.45, 2.75) is 0 Å². The Morgan fingerprint density at radius 1 is 1.16 bits per heavy atom. The fourth-order valence-electron chi connectivity index (χ4n) is 1.87. The highest BCUT2D eigenvalue weighted by atomic mass is 35.5. The van der Waals surface area contributed by atoms with Crippen LogP contribution >= 0.6 is 23.2 Å². The van der Waals surface area contributed by atoms with Crippen LogP contribution in [-0.4, -0.2) is 36.9 Å². The number of ether oxygens (including phenoxy) is 1. The van der Waals surface area contributed by atoms with Crippen molar-refractivity contribution in [3.05, 3.63) is 58.3 Å². The molecule has 25 heavy (non-hydrogen) atoms. The number of nitrogens with zero attached hydrogens (tertiary/aromatic N) is 1. The molecule has 0 aliphatic carbocycles. The van der Waals surface area contributed by atoms with Crippen molar-refractivity contribution in [2.24, 2.45) is 0 Å². The summed E-state index contributed by atoms with van der Waals surface area (Å²) in [6.07, 6.45) is 0. The van der Waals surface area contributed by atoms with Gasteiger partial charge in [-0.1, -0.05) is 23.2 Å². The number of halogens is 3. The number of amides is 2. The second-order valence-electron chi connectivity index (χ2n) is 5.17. The van der Waals surface area contributed by atoms with Crippen LogP contribution in [0.5, 0.6) is 5.75 Å². The average Bonchev–Trinajstić information content (AvgIpc) is 2.57. The molecule has 0 spiro atoms. The third kappa shape index (κ3) is 5.92. The zero-order valence-corrected chi connectivity index (χ0v) is 14.8. The number of benzene rings is 2. The van der Waals surface area contributed by atoms with E-state index in [1.165, 1.54) is 42.3 Å². The molecule has 0 radical (unpaired) electrons. The van der Waals surface area contributed by atoms with Crippen molar-refractivity contribution in [1.29, 1.82) is 0 Å². The lowest BCUT2D eigenvalue weighted by Crippen LogP contribution is -2.37.